The number of benzene rings is 2. The number of hydrogen-bond donors (Lipinski definition) is 1. The quantitative estimate of drug-likeness (QED) is 0.893. The summed E-state index contributed by atoms with van der Waals surface area (Å²) in [5.74, 6) is 1.15. The van der Waals surface area contributed by atoms with Crippen LogP contribution in [0.4, 0.5) is 5.69 Å². The minimum atomic E-state index is -0.154. The summed E-state index contributed by atoms with van der Waals surface area (Å²) in [6.07, 6.45) is 0. The van der Waals surface area contributed by atoms with E-state index in [1.54, 1.807) is 18.2 Å². The summed E-state index contributed by atoms with van der Waals surface area (Å²) < 4.78 is 11.6. The zero-order valence-corrected chi connectivity index (χ0v) is 14.6. The molecule has 0 saturated heterocycles. The van der Waals surface area contributed by atoms with Gasteiger partial charge in [-0.25, -0.2) is 0 Å². The molecule has 4 heteroatoms. The van der Waals surface area contributed by atoms with E-state index in [-0.39, 0.29) is 11.3 Å². The molecule has 24 heavy (non-hydrogen) atoms. The van der Waals surface area contributed by atoms with Crippen molar-refractivity contribution in [3.63, 3.8) is 0 Å². The fourth-order valence-corrected chi connectivity index (χ4v) is 2.55. The number of rotatable bonds is 2. The summed E-state index contributed by atoms with van der Waals surface area (Å²) in [5.41, 5.74) is 3.54. The van der Waals surface area contributed by atoms with E-state index in [4.69, 9.17) is 9.47 Å². The molecule has 0 bridgehead atoms. The molecule has 0 spiro atoms. The van der Waals surface area contributed by atoms with Gasteiger partial charge in [-0.3, -0.25) is 4.79 Å². The van der Waals surface area contributed by atoms with Crippen molar-refractivity contribution < 1.29 is 14.3 Å². The predicted octanol–water partition coefficient (Wildman–Crippen LogP) is 4.35. The Morgan fingerprint density at radius 3 is 2.50 bits per heavy atom. The van der Waals surface area contributed by atoms with Gasteiger partial charge in [-0.05, 0) is 49.2 Å². The van der Waals surface area contributed by atoms with E-state index >= 15 is 0 Å². The first-order chi connectivity index (χ1) is 11.4. The molecule has 1 aliphatic rings. The van der Waals surface area contributed by atoms with Gasteiger partial charge in [0.15, 0.2) is 11.5 Å². The Kier molecular flexibility index (Phi) is 4.22. The van der Waals surface area contributed by atoms with Crippen molar-refractivity contribution in [2.75, 3.05) is 18.5 Å². The van der Waals surface area contributed by atoms with Gasteiger partial charge in [0, 0.05) is 16.7 Å². The number of aryl methyl sites for hydroxylation is 1. The van der Waals surface area contributed by atoms with E-state index in [0.717, 1.165) is 16.8 Å². The SMILES string of the molecule is Cc1cccc(NC(=O)c2ccc3c(c2)OCC(C)(C)CO3)c1C. The van der Waals surface area contributed by atoms with Crippen molar-refractivity contribution >= 4 is 11.6 Å². The van der Waals surface area contributed by atoms with Gasteiger partial charge >= 0.3 is 0 Å². The summed E-state index contributed by atoms with van der Waals surface area (Å²) in [7, 11) is 0. The molecule has 1 aliphatic heterocycles. The maximum absolute atomic E-state index is 12.6. The van der Waals surface area contributed by atoms with Crippen LogP contribution in [-0.2, 0) is 0 Å². The average molecular weight is 325 g/mol. The van der Waals surface area contributed by atoms with Crippen LogP contribution in [-0.4, -0.2) is 19.1 Å². The van der Waals surface area contributed by atoms with Crippen molar-refractivity contribution in [3.8, 4) is 11.5 Å². The molecule has 1 heterocycles. The number of ether oxygens (including phenoxy) is 2. The van der Waals surface area contributed by atoms with Gasteiger partial charge < -0.3 is 14.8 Å². The van der Waals surface area contributed by atoms with Crippen molar-refractivity contribution in [2.24, 2.45) is 5.41 Å². The maximum atomic E-state index is 12.6. The topological polar surface area (TPSA) is 47.6 Å². The Hall–Kier alpha value is -2.49. The second-order valence-electron chi connectivity index (χ2n) is 7.10. The van der Waals surface area contributed by atoms with Crippen molar-refractivity contribution in [1.82, 2.24) is 0 Å². The predicted molar refractivity (Wildman–Crippen MR) is 95.1 cm³/mol. The minimum absolute atomic E-state index is 0.0554. The number of amides is 1. The highest BCUT2D eigenvalue weighted by molar-refractivity contribution is 6.05. The van der Waals surface area contributed by atoms with Crippen LogP contribution in [0.3, 0.4) is 0 Å². The van der Waals surface area contributed by atoms with Gasteiger partial charge in [0.1, 0.15) is 0 Å². The number of nitrogens with one attached hydrogen (secondary N) is 1. The zero-order valence-electron chi connectivity index (χ0n) is 14.6. The zero-order chi connectivity index (χ0) is 17.3. The minimum Gasteiger partial charge on any atom is -0.489 e. The fraction of sp³-hybridized carbons (Fsp3) is 0.350. The number of anilines is 1. The highest BCUT2D eigenvalue weighted by Gasteiger charge is 2.25. The number of carbonyl (C=O) groups excluding carboxylic acids is 1. The third-order valence-corrected chi connectivity index (χ3v) is 4.30. The molecule has 4 nitrogen and oxygen atoms in total. The highest BCUT2D eigenvalue weighted by Crippen LogP contribution is 2.34. The molecule has 2 aromatic rings. The molecule has 3 rings (SSSR count). The lowest BCUT2D eigenvalue weighted by molar-refractivity contribution is 0.102. The summed E-state index contributed by atoms with van der Waals surface area (Å²) in [6, 6.07) is 11.2. The van der Waals surface area contributed by atoms with E-state index in [1.165, 1.54) is 0 Å². The van der Waals surface area contributed by atoms with Crippen LogP contribution in [0.5, 0.6) is 11.5 Å². The van der Waals surface area contributed by atoms with E-state index < -0.39 is 0 Å². The summed E-state index contributed by atoms with van der Waals surface area (Å²) >= 11 is 0. The Morgan fingerprint density at radius 2 is 1.75 bits per heavy atom. The normalized spacial score (nSPS) is 15.5. The molecular weight excluding hydrogens is 302 g/mol. The van der Waals surface area contributed by atoms with Gasteiger partial charge in [-0.1, -0.05) is 26.0 Å². The second-order valence-corrected chi connectivity index (χ2v) is 7.10. The van der Waals surface area contributed by atoms with Crippen LogP contribution >= 0.6 is 0 Å². The van der Waals surface area contributed by atoms with Gasteiger partial charge in [-0.15, -0.1) is 0 Å². The smallest absolute Gasteiger partial charge is 0.255 e. The second kappa shape index (κ2) is 6.19. The molecule has 1 N–H and O–H groups in total. The van der Waals surface area contributed by atoms with Crippen LogP contribution < -0.4 is 14.8 Å². The Bertz CT molecular complexity index is 780. The van der Waals surface area contributed by atoms with Gasteiger partial charge in [-0.2, -0.15) is 0 Å². The third kappa shape index (κ3) is 3.37. The van der Waals surface area contributed by atoms with Crippen molar-refractivity contribution in [2.45, 2.75) is 27.7 Å². The first-order valence-electron chi connectivity index (χ1n) is 8.13. The Labute approximate surface area is 142 Å². The lowest BCUT2D eigenvalue weighted by Crippen LogP contribution is -2.26. The van der Waals surface area contributed by atoms with Crippen LogP contribution in [0.2, 0.25) is 0 Å². The Morgan fingerprint density at radius 1 is 1.04 bits per heavy atom. The molecule has 0 aliphatic carbocycles. The fourth-order valence-electron chi connectivity index (χ4n) is 2.55. The average Bonchev–Trinajstić information content (AvgIpc) is 2.70. The lowest BCUT2D eigenvalue weighted by Gasteiger charge is -2.19. The van der Waals surface area contributed by atoms with Gasteiger partial charge in [0.25, 0.3) is 5.91 Å². The number of carbonyl (C=O) groups is 1. The van der Waals surface area contributed by atoms with Gasteiger partial charge in [0.2, 0.25) is 0 Å². The van der Waals surface area contributed by atoms with Crippen LogP contribution in [0, 0.1) is 19.3 Å². The highest BCUT2D eigenvalue weighted by atomic mass is 16.5. The lowest BCUT2D eigenvalue weighted by atomic mass is 9.97. The van der Waals surface area contributed by atoms with Gasteiger partial charge in [0.05, 0.1) is 13.2 Å². The van der Waals surface area contributed by atoms with E-state index in [2.05, 4.69) is 19.2 Å². The van der Waals surface area contributed by atoms with E-state index in [1.807, 2.05) is 32.0 Å². The summed E-state index contributed by atoms with van der Waals surface area (Å²) in [5, 5.41) is 2.97. The largest absolute Gasteiger partial charge is 0.489 e. The molecule has 0 unspecified atom stereocenters. The molecule has 126 valence electrons. The monoisotopic (exact) mass is 325 g/mol. The van der Waals surface area contributed by atoms with Crippen molar-refractivity contribution in [3.05, 3.63) is 53.1 Å². The first-order valence-corrected chi connectivity index (χ1v) is 8.13. The molecule has 0 saturated carbocycles. The maximum Gasteiger partial charge on any atom is 0.255 e. The molecule has 0 atom stereocenters. The first kappa shape index (κ1) is 16.4. The molecular formula is C20H23NO3. The van der Waals surface area contributed by atoms with Crippen molar-refractivity contribution in [1.29, 1.82) is 0 Å². The van der Waals surface area contributed by atoms with E-state index in [9.17, 15) is 4.79 Å². The Balaban J connectivity index is 1.82. The number of hydrogen-bond acceptors (Lipinski definition) is 3. The summed E-state index contributed by atoms with van der Waals surface area (Å²) in [6.45, 7) is 9.36. The molecule has 0 fully saturated rings. The third-order valence-electron chi connectivity index (χ3n) is 4.30. The van der Waals surface area contributed by atoms with E-state index in [0.29, 0.717) is 30.3 Å². The standard InChI is InChI=1S/C20H23NO3/c1-13-6-5-7-16(14(13)2)21-19(22)15-8-9-17-18(10-15)24-12-20(3,4)11-23-17/h5-10H,11-12H2,1-4H3,(H,21,22). The van der Waals surface area contributed by atoms with Crippen LogP contribution in [0.15, 0.2) is 36.4 Å². The molecule has 0 aromatic heterocycles. The van der Waals surface area contributed by atoms with Crippen LogP contribution in [0.1, 0.15) is 35.3 Å². The molecule has 2 aromatic carbocycles. The molecule has 1 amide bonds. The molecule has 0 radical (unpaired) electrons. The summed E-state index contributed by atoms with van der Waals surface area (Å²) in [4.78, 5) is 12.6. The van der Waals surface area contributed by atoms with Crippen LogP contribution in [0.25, 0.3) is 0 Å². The number of fused-ring (bicyclic) bond motifs is 1.